The van der Waals surface area contributed by atoms with E-state index in [1.165, 1.54) is 12.1 Å². The van der Waals surface area contributed by atoms with Gasteiger partial charge in [0.05, 0.1) is 21.9 Å². The number of hydrogen-bond donors (Lipinski definition) is 0. The second-order valence-electron chi connectivity index (χ2n) is 3.51. The summed E-state index contributed by atoms with van der Waals surface area (Å²) in [5.41, 5.74) is 0.547. The third-order valence-electron chi connectivity index (χ3n) is 2.40. The molecule has 1 atom stereocenters. The van der Waals surface area contributed by atoms with E-state index in [1.54, 1.807) is 18.2 Å². The third kappa shape index (κ3) is 2.29. The van der Waals surface area contributed by atoms with Gasteiger partial charge in [-0.25, -0.2) is 4.21 Å². The van der Waals surface area contributed by atoms with E-state index in [2.05, 4.69) is 0 Å². The van der Waals surface area contributed by atoms with Crippen LogP contribution in [0.2, 0.25) is 0 Å². The van der Waals surface area contributed by atoms with Crippen molar-refractivity contribution < 1.29 is 4.21 Å². The minimum Gasteiger partial charge on any atom is -0.249 e. The third-order valence-corrected chi connectivity index (χ3v) is 3.79. The van der Waals surface area contributed by atoms with E-state index < -0.39 is 10.8 Å². The molecule has 0 aromatic heterocycles. The average Bonchev–Trinajstić information content (AvgIpc) is 2.46. The van der Waals surface area contributed by atoms with Gasteiger partial charge >= 0.3 is 0 Å². The topological polar surface area (TPSA) is 64.7 Å². The Labute approximate surface area is 107 Å². The average molecular weight is 252 g/mol. The van der Waals surface area contributed by atoms with Gasteiger partial charge in [0, 0.05) is 9.79 Å². The van der Waals surface area contributed by atoms with Crippen molar-refractivity contribution in [3.05, 3.63) is 59.7 Å². The van der Waals surface area contributed by atoms with Gasteiger partial charge in [0.2, 0.25) is 0 Å². The van der Waals surface area contributed by atoms with E-state index in [-0.39, 0.29) is 5.56 Å². The summed E-state index contributed by atoms with van der Waals surface area (Å²) in [6.45, 7) is 0. The van der Waals surface area contributed by atoms with E-state index in [9.17, 15) is 4.21 Å². The lowest BCUT2D eigenvalue weighted by molar-refractivity contribution is 0.683. The molecule has 18 heavy (non-hydrogen) atoms. The molecule has 0 saturated carbocycles. The Kier molecular flexibility index (Phi) is 3.52. The fraction of sp³-hybridized carbons (Fsp3) is 0. The Bertz CT molecular complexity index is 681. The summed E-state index contributed by atoms with van der Waals surface area (Å²) >= 11 is 0. The smallest absolute Gasteiger partial charge is 0.101 e. The van der Waals surface area contributed by atoms with Crippen LogP contribution in [0.15, 0.2) is 58.3 Å². The summed E-state index contributed by atoms with van der Waals surface area (Å²) in [4.78, 5) is 1.20. The predicted octanol–water partition coefficient (Wildman–Crippen LogP) is 2.60. The highest BCUT2D eigenvalue weighted by Gasteiger charge is 2.09. The van der Waals surface area contributed by atoms with Crippen molar-refractivity contribution in [1.29, 1.82) is 10.5 Å². The molecule has 1 unspecified atom stereocenters. The molecule has 2 aromatic carbocycles. The summed E-state index contributed by atoms with van der Waals surface area (Å²) in [6, 6.07) is 17.5. The van der Waals surface area contributed by atoms with Gasteiger partial charge in [-0.05, 0) is 30.3 Å². The number of nitriles is 2. The van der Waals surface area contributed by atoms with Gasteiger partial charge in [0.1, 0.15) is 12.1 Å². The van der Waals surface area contributed by atoms with Crippen molar-refractivity contribution in [2.75, 3.05) is 0 Å². The molecule has 3 nitrogen and oxygen atoms in total. The van der Waals surface area contributed by atoms with Crippen LogP contribution in [-0.2, 0) is 10.8 Å². The van der Waals surface area contributed by atoms with E-state index >= 15 is 0 Å². The lowest BCUT2D eigenvalue weighted by Gasteiger charge is -2.03. The van der Waals surface area contributed by atoms with Crippen LogP contribution in [0, 0.1) is 22.7 Å². The van der Waals surface area contributed by atoms with Gasteiger partial charge in [-0.15, -0.1) is 0 Å². The fourth-order valence-corrected chi connectivity index (χ4v) is 2.60. The van der Waals surface area contributed by atoms with Crippen LogP contribution in [-0.4, -0.2) is 4.21 Å². The molecule has 0 fully saturated rings. The first-order chi connectivity index (χ1) is 8.76. The zero-order valence-corrected chi connectivity index (χ0v) is 10.1. The molecular weight excluding hydrogens is 244 g/mol. The molecule has 0 amide bonds. The molecule has 0 heterocycles. The van der Waals surface area contributed by atoms with E-state index in [4.69, 9.17) is 10.5 Å². The molecule has 0 spiro atoms. The molecule has 4 heteroatoms. The summed E-state index contributed by atoms with van der Waals surface area (Å²) < 4.78 is 12.2. The predicted molar refractivity (Wildman–Crippen MR) is 67.0 cm³/mol. The molecule has 0 N–H and O–H groups in total. The van der Waals surface area contributed by atoms with Gasteiger partial charge in [-0.2, -0.15) is 10.5 Å². The Hall–Kier alpha value is -2.43. The number of rotatable bonds is 2. The minimum absolute atomic E-state index is 0.249. The Morgan fingerprint density at radius 2 is 1.50 bits per heavy atom. The van der Waals surface area contributed by atoms with Gasteiger partial charge in [-0.1, -0.05) is 18.2 Å². The lowest BCUT2D eigenvalue weighted by Crippen LogP contribution is -1.94. The van der Waals surface area contributed by atoms with Crippen LogP contribution in [0.5, 0.6) is 0 Å². The maximum absolute atomic E-state index is 12.2. The summed E-state index contributed by atoms with van der Waals surface area (Å²) in [6.07, 6.45) is 0. The molecule has 0 radical (unpaired) electrons. The van der Waals surface area contributed by atoms with Crippen LogP contribution in [0.25, 0.3) is 0 Å². The van der Waals surface area contributed by atoms with Crippen molar-refractivity contribution in [2.45, 2.75) is 9.79 Å². The largest absolute Gasteiger partial charge is 0.249 e. The normalized spacial score (nSPS) is 11.2. The van der Waals surface area contributed by atoms with E-state index in [1.807, 2.05) is 30.3 Å². The first-order valence-corrected chi connectivity index (χ1v) is 6.32. The van der Waals surface area contributed by atoms with Gasteiger partial charge < -0.3 is 0 Å². The zero-order chi connectivity index (χ0) is 13.0. The van der Waals surface area contributed by atoms with Gasteiger partial charge in [0.25, 0.3) is 0 Å². The van der Waals surface area contributed by atoms with Crippen molar-refractivity contribution in [1.82, 2.24) is 0 Å². The first kappa shape index (κ1) is 12.0. The number of benzene rings is 2. The standard InChI is InChI=1S/C14H8N2OS/c15-9-11-6-7-14(8-12(11)10-16)18(17)13-4-2-1-3-5-13/h1-8H. The van der Waals surface area contributed by atoms with Crippen molar-refractivity contribution in [2.24, 2.45) is 0 Å². The molecule has 0 aliphatic rings. The molecule has 2 rings (SSSR count). The van der Waals surface area contributed by atoms with Crippen LogP contribution in [0.4, 0.5) is 0 Å². The highest BCUT2D eigenvalue weighted by Crippen LogP contribution is 2.19. The maximum Gasteiger partial charge on any atom is 0.101 e. The molecular formula is C14H8N2OS. The molecule has 0 aliphatic carbocycles. The number of hydrogen-bond acceptors (Lipinski definition) is 3. The van der Waals surface area contributed by atoms with Crippen LogP contribution >= 0.6 is 0 Å². The highest BCUT2D eigenvalue weighted by atomic mass is 32.2. The maximum atomic E-state index is 12.2. The Morgan fingerprint density at radius 1 is 0.833 bits per heavy atom. The van der Waals surface area contributed by atoms with E-state index in [0.717, 1.165) is 0 Å². The van der Waals surface area contributed by atoms with Crippen molar-refractivity contribution in [3.8, 4) is 12.1 Å². The fourth-order valence-electron chi connectivity index (χ4n) is 1.51. The number of nitrogens with zero attached hydrogens (tertiary/aromatic N) is 2. The second kappa shape index (κ2) is 5.27. The van der Waals surface area contributed by atoms with Crippen LogP contribution < -0.4 is 0 Å². The van der Waals surface area contributed by atoms with Crippen LogP contribution in [0.3, 0.4) is 0 Å². The lowest BCUT2D eigenvalue weighted by atomic mass is 10.1. The summed E-state index contributed by atoms with van der Waals surface area (Å²) in [5.74, 6) is 0. The monoisotopic (exact) mass is 252 g/mol. The quantitative estimate of drug-likeness (QED) is 0.825. The van der Waals surface area contributed by atoms with Crippen molar-refractivity contribution >= 4 is 10.8 Å². The van der Waals surface area contributed by atoms with Crippen molar-refractivity contribution in [3.63, 3.8) is 0 Å². The van der Waals surface area contributed by atoms with Crippen LogP contribution in [0.1, 0.15) is 11.1 Å². The highest BCUT2D eigenvalue weighted by molar-refractivity contribution is 7.85. The summed E-state index contributed by atoms with van der Waals surface area (Å²) in [7, 11) is -1.33. The molecule has 0 bridgehead atoms. The Morgan fingerprint density at radius 3 is 2.11 bits per heavy atom. The molecule has 86 valence electrons. The Balaban J connectivity index is 2.45. The van der Waals surface area contributed by atoms with Gasteiger partial charge in [-0.3, -0.25) is 0 Å². The SMILES string of the molecule is N#Cc1ccc(S(=O)c2ccccc2)cc1C#N. The summed E-state index contributed by atoms with van der Waals surface area (Å²) in [5, 5.41) is 17.7. The zero-order valence-electron chi connectivity index (χ0n) is 9.33. The second-order valence-corrected chi connectivity index (χ2v) is 4.99. The molecule has 2 aromatic rings. The first-order valence-electron chi connectivity index (χ1n) is 5.17. The van der Waals surface area contributed by atoms with E-state index in [0.29, 0.717) is 15.4 Å². The molecule has 0 aliphatic heterocycles. The minimum atomic E-state index is -1.33. The molecule has 0 saturated heterocycles. The van der Waals surface area contributed by atoms with Gasteiger partial charge in [0.15, 0.2) is 0 Å².